The number of guanidine groups is 1. The van der Waals surface area contributed by atoms with Crippen LogP contribution in [0.5, 0.6) is 0 Å². The molecule has 0 spiro atoms. The fraction of sp³-hybridized carbons (Fsp3) is 0.706. The van der Waals surface area contributed by atoms with Crippen LogP contribution in [0.1, 0.15) is 32.1 Å². The fourth-order valence-electron chi connectivity index (χ4n) is 2.21. The van der Waals surface area contributed by atoms with Crippen molar-refractivity contribution in [1.29, 1.82) is 0 Å². The van der Waals surface area contributed by atoms with Crippen LogP contribution in [0, 0.1) is 0 Å². The largest absolute Gasteiger partial charge is 0.480 e. The van der Waals surface area contributed by atoms with Crippen LogP contribution in [0.15, 0.2) is 4.99 Å². The summed E-state index contributed by atoms with van der Waals surface area (Å²) >= 11 is 0. The Morgan fingerprint density at radius 1 is 0.970 bits per heavy atom. The molecule has 4 atom stereocenters. The molecule has 0 bridgehead atoms. The Morgan fingerprint density at radius 2 is 1.48 bits per heavy atom. The average Bonchev–Trinajstić information content (AvgIpc) is 3.15. The predicted molar refractivity (Wildman–Crippen MR) is 118 cm³/mol. The highest BCUT2D eigenvalue weighted by Gasteiger charge is 2.27. The Hall–Kier alpha value is -3.21. The number of aliphatic imine (C=N–C) groups is 1. The first-order valence-corrected chi connectivity index (χ1v) is 9.97. The van der Waals surface area contributed by atoms with Crippen LogP contribution in [-0.4, -0.2) is 94.2 Å². The Kier molecular flexibility index (Phi) is 17.8. The zero-order valence-corrected chi connectivity index (χ0v) is 18.2. The minimum absolute atomic E-state index is 0.0129. The Balaban J connectivity index is 0. The second kappa shape index (κ2) is 18.4. The maximum Gasteiger partial charge on any atom is 0.320 e. The Labute approximate surface area is 190 Å². The summed E-state index contributed by atoms with van der Waals surface area (Å²) in [6.07, 6.45) is 1.64. The minimum atomic E-state index is -1.03. The van der Waals surface area contributed by atoms with Gasteiger partial charge in [0.05, 0.1) is 6.10 Å². The van der Waals surface area contributed by atoms with Crippen molar-refractivity contribution in [2.24, 2.45) is 33.7 Å². The topological polar surface area (TPSA) is 316 Å². The van der Waals surface area contributed by atoms with Crippen LogP contribution < -0.4 is 39.3 Å². The monoisotopic (exact) mass is 480 g/mol. The van der Waals surface area contributed by atoms with Crippen LogP contribution in [0.4, 0.5) is 4.79 Å². The predicted octanol–water partition coefficient (Wildman–Crippen LogP) is -3.91. The van der Waals surface area contributed by atoms with Crippen molar-refractivity contribution in [3.8, 4) is 0 Å². The maximum atomic E-state index is 10.2. The molecule has 1 heterocycles. The lowest BCUT2D eigenvalue weighted by atomic mass is 10.2. The van der Waals surface area contributed by atoms with Crippen LogP contribution >= 0.6 is 0 Å². The Morgan fingerprint density at radius 3 is 1.82 bits per heavy atom. The number of aliphatic hydroxyl groups is 1. The first kappa shape index (κ1) is 32.0. The molecule has 1 saturated heterocycles. The highest BCUT2D eigenvalue weighted by molar-refractivity contribution is 5.75. The zero-order valence-electron chi connectivity index (χ0n) is 18.2. The van der Waals surface area contributed by atoms with E-state index in [-0.39, 0.29) is 5.96 Å². The molecule has 0 aromatic rings. The molecular weight excluding hydrogens is 444 g/mol. The summed E-state index contributed by atoms with van der Waals surface area (Å²) < 4.78 is 0. The molecule has 0 radical (unpaired) electrons. The van der Waals surface area contributed by atoms with Crippen LogP contribution in [-0.2, 0) is 14.4 Å². The van der Waals surface area contributed by atoms with E-state index < -0.39 is 48.2 Å². The number of nitrogens with two attached hydrogens (primary N) is 5. The number of aliphatic carboxylic acids is 3. The molecule has 0 aromatic heterocycles. The molecular formula is C17H36N8O8. The van der Waals surface area contributed by atoms with Gasteiger partial charge in [-0.25, -0.2) is 4.79 Å². The standard InChI is InChI=1S/C6H14N4O2.C6H13N3O3.C5H9NO3/c7-4(5(11)12)2-1-3-10-6(8)9;7-4(5(10)11)2-1-3-9-6(8)12;7-3-1-4(5(8)9)6-2-3/h4H,1-3,7H2,(H,11,12)(H4,8,9,10);4H,1-3,7H2,(H,10,11)(H3,8,9,12);3-4,6-7H,1-2H2,(H,8,9)/t2*4-;3?,4-/m000/s1. The molecule has 16 N–H and O–H groups in total. The number of rotatable bonds is 11. The molecule has 0 saturated carbocycles. The lowest BCUT2D eigenvalue weighted by Crippen LogP contribution is -2.33. The van der Waals surface area contributed by atoms with Crippen molar-refractivity contribution in [3.05, 3.63) is 0 Å². The van der Waals surface area contributed by atoms with Gasteiger partial charge >= 0.3 is 23.9 Å². The number of nitrogens with one attached hydrogen (secondary N) is 2. The van der Waals surface area contributed by atoms with Crippen LogP contribution in [0.2, 0.25) is 0 Å². The summed E-state index contributed by atoms with van der Waals surface area (Å²) in [5.41, 5.74) is 25.3. The molecule has 1 rings (SSSR count). The number of urea groups is 1. The van der Waals surface area contributed by atoms with Gasteiger partial charge in [0.15, 0.2) is 5.96 Å². The number of aliphatic hydroxyl groups excluding tert-OH is 1. The number of nitrogens with zero attached hydrogens (tertiary/aromatic N) is 1. The molecule has 192 valence electrons. The van der Waals surface area contributed by atoms with Gasteiger partial charge in [0.25, 0.3) is 0 Å². The number of carboxylic acid groups (broad SMARTS) is 3. The molecule has 0 aliphatic carbocycles. The van der Waals surface area contributed by atoms with Gasteiger partial charge in [-0.1, -0.05) is 0 Å². The molecule has 1 fully saturated rings. The Bertz CT molecular complexity index is 645. The van der Waals surface area contributed by atoms with E-state index in [9.17, 15) is 19.2 Å². The summed E-state index contributed by atoms with van der Waals surface area (Å²) in [5.74, 6) is -2.90. The van der Waals surface area contributed by atoms with Gasteiger partial charge in [-0.3, -0.25) is 19.4 Å². The van der Waals surface area contributed by atoms with E-state index >= 15 is 0 Å². The van der Waals surface area contributed by atoms with Crippen molar-refractivity contribution in [2.45, 2.75) is 56.3 Å². The molecule has 1 unspecified atom stereocenters. The molecule has 16 heteroatoms. The van der Waals surface area contributed by atoms with Crippen molar-refractivity contribution >= 4 is 29.9 Å². The summed E-state index contributed by atoms with van der Waals surface area (Å²) in [4.78, 5) is 44.4. The molecule has 33 heavy (non-hydrogen) atoms. The SMILES string of the molecule is NC(=O)NCCC[C@H](N)C(=O)O.NC(N)=NCCC[C@H](N)C(=O)O.O=C(O)[C@@H]1CC(O)CN1. The number of hydrogen-bond donors (Lipinski definition) is 11. The van der Waals surface area contributed by atoms with Crippen molar-refractivity contribution in [3.63, 3.8) is 0 Å². The second-order valence-corrected chi connectivity index (χ2v) is 6.96. The van der Waals surface area contributed by atoms with Gasteiger partial charge < -0.3 is 59.7 Å². The summed E-state index contributed by atoms with van der Waals surface area (Å²) in [6, 6.07) is -2.84. The van der Waals surface area contributed by atoms with Crippen molar-refractivity contribution < 1.29 is 39.6 Å². The third-order valence-electron chi connectivity index (χ3n) is 4.00. The molecule has 1 aliphatic heterocycles. The zero-order chi connectivity index (χ0) is 26.0. The molecule has 16 nitrogen and oxygen atoms in total. The smallest absolute Gasteiger partial charge is 0.320 e. The van der Waals surface area contributed by atoms with Crippen molar-refractivity contribution in [2.75, 3.05) is 19.6 Å². The number of hydrogen-bond acceptors (Lipinski definition) is 9. The maximum absolute atomic E-state index is 10.2. The summed E-state index contributed by atoms with van der Waals surface area (Å²) in [5, 5.41) is 38.9. The normalized spacial score (nSPS) is 18.3. The fourth-order valence-corrected chi connectivity index (χ4v) is 2.21. The third kappa shape index (κ3) is 20.4. The number of primary amides is 1. The van der Waals surface area contributed by atoms with E-state index in [2.05, 4.69) is 15.6 Å². The van der Waals surface area contributed by atoms with Crippen molar-refractivity contribution in [1.82, 2.24) is 10.6 Å². The highest BCUT2D eigenvalue weighted by atomic mass is 16.4. The van der Waals surface area contributed by atoms with Gasteiger partial charge in [-0.05, 0) is 25.7 Å². The molecule has 2 amide bonds. The van der Waals surface area contributed by atoms with Crippen LogP contribution in [0.3, 0.4) is 0 Å². The van der Waals surface area contributed by atoms with Gasteiger partial charge in [0.1, 0.15) is 18.1 Å². The lowest BCUT2D eigenvalue weighted by molar-refractivity contribution is -0.140. The number of carbonyl (C=O) groups is 4. The number of β-amino-alcohol motifs (C(OH)–C–C–N with tert-alkyl or cyclic N) is 1. The quantitative estimate of drug-likeness (QED) is 0.0765. The number of carboxylic acids is 3. The van der Waals surface area contributed by atoms with Gasteiger partial charge in [-0.2, -0.15) is 0 Å². The van der Waals surface area contributed by atoms with E-state index in [1.54, 1.807) is 0 Å². The average molecular weight is 481 g/mol. The number of amides is 2. The summed E-state index contributed by atoms with van der Waals surface area (Å²) in [6.45, 7) is 1.18. The van der Waals surface area contributed by atoms with E-state index in [1.165, 1.54) is 0 Å². The summed E-state index contributed by atoms with van der Waals surface area (Å²) in [7, 11) is 0. The first-order chi connectivity index (χ1) is 15.3. The molecule has 1 aliphatic rings. The van der Waals surface area contributed by atoms with Gasteiger partial charge in [-0.15, -0.1) is 0 Å². The first-order valence-electron chi connectivity index (χ1n) is 9.97. The van der Waals surface area contributed by atoms with E-state index in [1.807, 2.05) is 0 Å². The highest BCUT2D eigenvalue weighted by Crippen LogP contribution is 2.05. The van der Waals surface area contributed by atoms with Crippen LogP contribution in [0.25, 0.3) is 0 Å². The second-order valence-electron chi connectivity index (χ2n) is 6.96. The van der Waals surface area contributed by atoms with Gasteiger partial charge in [0.2, 0.25) is 0 Å². The van der Waals surface area contributed by atoms with E-state index in [4.69, 9.17) is 49.1 Å². The lowest BCUT2D eigenvalue weighted by Gasteiger charge is -2.05. The minimum Gasteiger partial charge on any atom is -0.480 e. The molecule has 0 aromatic carbocycles. The van der Waals surface area contributed by atoms with Gasteiger partial charge in [0, 0.05) is 26.1 Å². The van der Waals surface area contributed by atoms with E-state index in [0.29, 0.717) is 51.7 Å². The van der Waals surface area contributed by atoms with E-state index in [0.717, 1.165) is 0 Å². The number of carbonyl (C=O) groups excluding carboxylic acids is 1. The third-order valence-corrected chi connectivity index (χ3v) is 4.00.